The first kappa shape index (κ1) is 20.0. The average Bonchev–Trinajstić information content (AvgIpc) is 3.38. The van der Waals surface area contributed by atoms with E-state index in [9.17, 15) is 18.0 Å². The monoisotopic (exact) mass is 438 g/mol. The van der Waals surface area contributed by atoms with Crippen molar-refractivity contribution in [2.24, 2.45) is 0 Å². The summed E-state index contributed by atoms with van der Waals surface area (Å²) in [6, 6.07) is 4.50. The molecule has 0 saturated carbocycles. The summed E-state index contributed by atoms with van der Waals surface area (Å²) in [6.07, 6.45) is -3.24. The summed E-state index contributed by atoms with van der Waals surface area (Å²) in [7, 11) is 0. The number of alkyl halides is 3. The van der Waals surface area contributed by atoms with Gasteiger partial charge in [0.2, 0.25) is 0 Å². The Morgan fingerprint density at radius 2 is 2.10 bits per heavy atom. The van der Waals surface area contributed by atoms with Crippen molar-refractivity contribution < 1.29 is 18.0 Å². The highest BCUT2D eigenvalue weighted by atomic mass is 32.1. The number of rotatable bonds is 3. The fourth-order valence-electron chi connectivity index (χ4n) is 3.37. The van der Waals surface area contributed by atoms with Crippen molar-refractivity contribution in [3.63, 3.8) is 0 Å². The maximum atomic E-state index is 13.4. The van der Waals surface area contributed by atoms with Crippen LogP contribution in [0.15, 0.2) is 29.1 Å². The Morgan fingerprint density at radius 3 is 2.76 bits per heavy atom. The number of aromatic nitrogens is 3. The van der Waals surface area contributed by atoms with Crippen LogP contribution < -0.4 is 0 Å². The van der Waals surface area contributed by atoms with Gasteiger partial charge in [0.05, 0.1) is 21.8 Å². The Balaban J connectivity index is 1.65. The molecule has 0 spiro atoms. The molecular weight excluding hydrogens is 421 g/mol. The Kier molecular flexibility index (Phi) is 5.39. The van der Waals surface area contributed by atoms with E-state index in [0.29, 0.717) is 41.4 Å². The van der Waals surface area contributed by atoms with Gasteiger partial charge in [-0.05, 0) is 37.3 Å². The van der Waals surface area contributed by atoms with E-state index >= 15 is 0 Å². The third-order valence-corrected chi connectivity index (χ3v) is 6.63. The third kappa shape index (κ3) is 4.18. The van der Waals surface area contributed by atoms with Crippen LogP contribution in [0, 0.1) is 6.92 Å². The van der Waals surface area contributed by atoms with E-state index in [1.165, 1.54) is 22.7 Å². The topological polar surface area (TPSA) is 59.0 Å². The van der Waals surface area contributed by atoms with Crippen LogP contribution in [-0.4, -0.2) is 38.8 Å². The van der Waals surface area contributed by atoms with E-state index in [4.69, 9.17) is 0 Å². The van der Waals surface area contributed by atoms with Crippen molar-refractivity contribution in [1.29, 1.82) is 0 Å². The summed E-state index contributed by atoms with van der Waals surface area (Å²) in [5.41, 5.74) is 1.59. The lowest BCUT2D eigenvalue weighted by Crippen LogP contribution is -2.39. The lowest BCUT2D eigenvalue weighted by atomic mass is 9.96. The lowest BCUT2D eigenvalue weighted by molar-refractivity contribution is -0.141. The van der Waals surface area contributed by atoms with Gasteiger partial charge in [0, 0.05) is 19.0 Å². The maximum absolute atomic E-state index is 13.4. The number of aryl methyl sites for hydroxylation is 1. The Bertz CT molecular complexity index is 1020. The van der Waals surface area contributed by atoms with Gasteiger partial charge in [-0.2, -0.15) is 13.2 Å². The second-order valence-electron chi connectivity index (χ2n) is 6.83. The first-order valence-electron chi connectivity index (χ1n) is 9.02. The Labute approximate surface area is 173 Å². The number of carbonyl (C=O) groups excluding carboxylic acids is 1. The van der Waals surface area contributed by atoms with Crippen molar-refractivity contribution in [3.8, 4) is 10.6 Å². The van der Waals surface area contributed by atoms with Crippen LogP contribution in [0.1, 0.15) is 45.6 Å². The standard InChI is InChI=1S/C19H17F3N4OS2/c1-11-16(29-10-23-11)18(27)26-6-2-4-12(9-26)17-24-13(14-5-3-7-28-14)8-15(25-17)19(20,21)22/h3,5,7-8,10,12H,2,4,6,9H2,1H3. The van der Waals surface area contributed by atoms with Crippen LogP contribution in [0.4, 0.5) is 13.2 Å². The molecule has 1 saturated heterocycles. The van der Waals surface area contributed by atoms with Crippen LogP contribution in [-0.2, 0) is 6.18 Å². The predicted octanol–water partition coefficient (Wildman–Crippen LogP) is 5.01. The minimum atomic E-state index is -4.56. The fraction of sp³-hybridized carbons (Fsp3) is 0.368. The second kappa shape index (κ2) is 7.83. The van der Waals surface area contributed by atoms with Gasteiger partial charge in [0.25, 0.3) is 5.91 Å². The summed E-state index contributed by atoms with van der Waals surface area (Å²) >= 11 is 2.60. The molecule has 5 nitrogen and oxygen atoms in total. The largest absolute Gasteiger partial charge is 0.433 e. The molecule has 1 fully saturated rings. The minimum Gasteiger partial charge on any atom is -0.337 e. The van der Waals surface area contributed by atoms with Crippen LogP contribution in [0.5, 0.6) is 0 Å². The van der Waals surface area contributed by atoms with E-state index in [2.05, 4.69) is 15.0 Å². The van der Waals surface area contributed by atoms with Gasteiger partial charge in [0.15, 0.2) is 0 Å². The van der Waals surface area contributed by atoms with Gasteiger partial charge in [-0.1, -0.05) is 6.07 Å². The van der Waals surface area contributed by atoms with Gasteiger partial charge in [-0.25, -0.2) is 15.0 Å². The summed E-state index contributed by atoms with van der Waals surface area (Å²) in [4.78, 5) is 28.1. The molecule has 3 aromatic rings. The number of hydrogen-bond donors (Lipinski definition) is 0. The number of amides is 1. The van der Waals surface area contributed by atoms with E-state index in [1.807, 2.05) is 0 Å². The molecule has 1 amide bonds. The molecule has 10 heteroatoms. The molecule has 1 aliphatic rings. The predicted molar refractivity (Wildman–Crippen MR) is 105 cm³/mol. The molecule has 4 rings (SSSR count). The number of piperidine rings is 1. The molecule has 1 atom stereocenters. The number of halogens is 3. The van der Waals surface area contributed by atoms with Crippen LogP contribution in [0.2, 0.25) is 0 Å². The first-order valence-corrected chi connectivity index (χ1v) is 10.8. The molecular formula is C19H17F3N4OS2. The zero-order valence-corrected chi connectivity index (χ0v) is 17.1. The number of hydrogen-bond acceptors (Lipinski definition) is 6. The summed E-state index contributed by atoms with van der Waals surface area (Å²) < 4.78 is 40.3. The van der Waals surface area contributed by atoms with Crippen molar-refractivity contribution in [2.75, 3.05) is 13.1 Å². The van der Waals surface area contributed by atoms with Crippen LogP contribution in [0.25, 0.3) is 10.6 Å². The highest BCUT2D eigenvalue weighted by Gasteiger charge is 2.36. The van der Waals surface area contributed by atoms with E-state index in [-0.39, 0.29) is 23.3 Å². The molecule has 4 heterocycles. The average molecular weight is 438 g/mol. The number of thiophene rings is 1. The highest BCUT2D eigenvalue weighted by molar-refractivity contribution is 7.13. The van der Waals surface area contributed by atoms with Crippen molar-refractivity contribution in [2.45, 2.75) is 31.9 Å². The zero-order valence-electron chi connectivity index (χ0n) is 15.4. The normalized spacial score (nSPS) is 17.5. The molecule has 3 aromatic heterocycles. The first-order chi connectivity index (χ1) is 13.8. The molecule has 152 valence electrons. The quantitative estimate of drug-likeness (QED) is 0.577. The SMILES string of the molecule is Cc1ncsc1C(=O)N1CCCC(c2nc(-c3cccs3)cc(C(F)(F)F)n2)C1. The van der Waals surface area contributed by atoms with Gasteiger partial charge in [-0.15, -0.1) is 22.7 Å². The molecule has 1 unspecified atom stereocenters. The molecule has 0 radical (unpaired) electrons. The smallest absolute Gasteiger partial charge is 0.337 e. The molecule has 1 aliphatic heterocycles. The number of likely N-dealkylation sites (tertiary alicyclic amines) is 1. The lowest BCUT2D eigenvalue weighted by Gasteiger charge is -2.32. The maximum Gasteiger partial charge on any atom is 0.433 e. The minimum absolute atomic E-state index is 0.139. The molecule has 0 N–H and O–H groups in total. The molecule has 0 aromatic carbocycles. The highest BCUT2D eigenvalue weighted by Crippen LogP contribution is 2.34. The number of carbonyl (C=O) groups is 1. The van der Waals surface area contributed by atoms with Crippen molar-refractivity contribution in [3.05, 3.63) is 51.2 Å². The Hall–Kier alpha value is -2.33. The molecule has 0 aliphatic carbocycles. The summed E-state index contributed by atoms with van der Waals surface area (Å²) in [5.74, 6) is -0.344. The van der Waals surface area contributed by atoms with E-state index in [0.717, 1.165) is 6.07 Å². The van der Waals surface area contributed by atoms with Crippen molar-refractivity contribution >= 4 is 28.6 Å². The Morgan fingerprint density at radius 1 is 1.28 bits per heavy atom. The molecule has 29 heavy (non-hydrogen) atoms. The second-order valence-corrected chi connectivity index (χ2v) is 8.63. The molecule has 0 bridgehead atoms. The zero-order chi connectivity index (χ0) is 20.6. The number of nitrogens with zero attached hydrogens (tertiary/aromatic N) is 4. The van der Waals surface area contributed by atoms with E-state index < -0.39 is 11.9 Å². The van der Waals surface area contributed by atoms with Gasteiger partial charge in [0.1, 0.15) is 16.4 Å². The van der Waals surface area contributed by atoms with Crippen molar-refractivity contribution in [1.82, 2.24) is 19.9 Å². The summed E-state index contributed by atoms with van der Waals surface area (Å²) in [5, 5.41) is 1.79. The van der Waals surface area contributed by atoms with Crippen LogP contribution in [0.3, 0.4) is 0 Å². The third-order valence-electron chi connectivity index (χ3n) is 4.82. The van der Waals surface area contributed by atoms with Gasteiger partial charge < -0.3 is 4.90 Å². The summed E-state index contributed by atoms with van der Waals surface area (Å²) in [6.45, 7) is 2.62. The van der Waals surface area contributed by atoms with Crippen LogP contribution >= 0.6 is 22.7 Å². The van der Waals surface area contributed by atoms with Gasteiger partial charge >= 0.3 is 6.18 Å². The number of thiazole rings is 1. The van der Waals surface area contributed by atoms with E-state index in [1.54, 1.807) is 34.8 Å². The fourth-order valence-corrected chi connectivity index (χ4v) is 4.82. The van der Waals surface area contributed by atoms with Gasteiger partial charge in [-0.3, -0.25) is 4.79 Å².